The highest BCUT2D eigenvalue weighted by Gasteiger charge is 2.25. The van der Waals surface area contributed by atoms with E-state index in [0.29, 0.717) is 25.9 Å². The average molecular weight is 479 g/mol. The fourth-order valence-electron chi connectivity index (χ4n) is 2.94. The first-order valence-electron chi connectivity index (χ1n) is 8.55. The summed E-state index contributed by atoms with van der Waals surface area (Å²) in [4.78, 5) is 21.8. The predicted molar refractivity (Wildman–Crippen MR) is 126 cm³/mol. The highest BCUT2D eigenvalue weighted by atomic mass is 35.5. The quantitative estimate of drug-likeness (QED) is 0.417. The fourth-order valence-corrected chi connectivity index (χ4v) is 5.43. The van der Waals surface area contributed by atoms with Crippen LogP contribution in [0.3, 0.4) is 0 Å². The second-order valence-electron chi connectivity index (χ2n) is 6.78. The largest absolute Gasteiger partial charge is 0.309 e. The molecule has 0 atom stereocenters. The molecular weight excluding hydrogens is 457 g/mol. The highest BCUT2D eigenvalue weighted by Crippen LogP contribution is 2.36. The second kappa shape index (κ2) is 9.74. The maximum Gasteiger partial charge on any atom is 0.262 e. The molecular formula is C19H22Cl3N3OS2. The number of hydrogen-bond acceptors (Lipinski definition) is 5. The van der Waals surface area contributed by atoms with Crippen LogP contribution in [0.5, 0.6) is 0 Å². The minimum Gasteiger partial charge on any atom is -0.309 e. The van der Waals surface area contributed by atoms with Gasteiger partial charge in [-0.2, -0.15) is 0 Å². The Morgan fingerprint density at radius 3 is 2.43 bits per heavy atom. The van der Waals surface area contributed by atoms with Crippen molar-refractivity contribution in [2.45, 2.75) is 20.3 Å². The van der Waals surface area contributed by atoms with Crippen molar-refractivity contribution in [2.24, 2.45) is 0 Å². The van der Waals surface area contributed by atoms with Crippen LogP contribution in [0.15, 0.2) is 18.2 Å². The van der Waals surface area contributed by atoms with Gasteiger partial charge in [-0.05, 0) is 64.2 Å². The van der Waals surface area contributed by atoms with Crippen LogP contribution in [0, 0.1) is 13.8 Å². The molecule has 9 heteroatoms. The van der Waals surface area contributed by atoms with Crippen molar-refractivity contribution >= 4 is 79.5 Å². The van der Waals surface area contributed by atoms with Gasteiger partial charge in [0.05, 0.1) is 20.1 Å². The van der Waals surface area contributed by atoms with Gasteiger partial charge in [-0.1, -0.05) is 40.6 Å². The number of benzene rings is 1. The number of amides is 1. The van der Waals surface area contributed by atoms with E-state index < -0.39 is 0 Å². The van der Waals surface area contributed by atoms with Crippen molar-refractivity contribution in [3.63, 3.8) is 0 Å². The maximum atomic E-state index is 13.2. The van der Waals surface area contributed by atoms with Gasteiger partial charge in [0, 0.05) is 6.54 Å². The molecule has 0 N–H and O–H groups in total. The summed E-state index contributed by atoms with van der Waals surface area (Å²) in [6, 6.07) is 5.83. The lowest BCUT2D eigenvalue weighted by Crippen LogP contribution is -2.33. The summed E-state index contributed by atoms with van der Waals surface area (Å²) in [7, 11) is 4.04. The normalized spacial score (nSPS) is 11.1. The molecule has 2 heterocycles. The molecule has 1 aromatic carbocycles. The number of aryl methyl sites for hydroxylation is 2. The monoisotopic (exact) mass is 477 g/mol. The highest BCUT2D eigenvalue weighted by molar-refractivity contribution is 7.22. The smallest absolute Gasteiger partial charge is 0.262 e. The number of rotatable bonds is 6. The van der Waals surface area contributed by atoms with Gasteiger partial charge < -0.3 is 4.90 Å². The zero-order valence-electron chi connectivity index (χ0n) is 16.1. The summed E-state index contributed by atoms with van der Waals surface area (Å²) in [6.45, 7) is 5.58. The van der Waals surface area contributed by atoms with Crippen LogP contribution in [-0.4, -0.2) is 43.0 Å². The maximum absolute atomic E-state index is 13.2. The molecule has 0 aliphatic rings. The van der Waals surface area contributed by atoms with Gasteiger partial charge in [0.25, 0.3) is 5.91 Å². The fraction of sp³-hybridized carbons (Fsp3) is 0.368. The Hall–Kier alpha value is -0.890. The molecule has 4 nitrogen and oxygen atoms in total. The number of carbonyl (C=O) groups is 1. The van der Waals surface area contributed by atoms with E-state index in [0.717, 1.165) is 28.7 Å². The summed E-state index contributed by atoms with van der Waals surface area (Å²) in [5, 5.41) is 0.695. The number of anilines is 1. The first kappa shape index (κ1) is 23.4. The van der Waals surface area contributed by atoms with Crippen molar-refractivity contribution in [1.29, 1.82) is 0 Å². The molecule has 0 fully saturated rings. The number of thiophene rings is 1. The van der Waals surface area contributed by atoms with Crippen LogP contribution >= 0.6 is 58.3 Å². The summed E-state index contributed by atoms with van der Waals surface area (Å²) in [6.07, 6.45) is 0.835. The number of fused-ring (bicyclic) bond motifs is 1. The molecule has 3 aromatic rings. The number of carbonyl (C=O) groups excluding carboxylic acids is 1. The third-order valence-corrected chi connectivity index (χ3v) is 6.88. The van der Waals surface area contributed by atoms with E-state index in [1.165, 1.54) is 16.9 Å². The molecule has 2 aromatic heterocycles. The zero-order chi connectivity index (χ0) is 19.7. The van der Waals surface area contributed by atoms with Gasteiger partial charge in [-0.3, -0.25) is 9.69 Å². The van der Waals surface area contributed by atoms with E-state index in [1.54, 1.807) is 22.3 Å². The number of nitrogens with zero attached hydrogens (tertiary/aromatic N) is 3. The van der Waals surface area contributed by atoms with Crippen LogP contribution < -0.4 is 4.90 Å². The van der Waals surface area contributed by atoms with E-state index in [9.17, 15) is 4.79 Å². The standard InChI is InChI=1S/C19H21Cl2N3OS2.ClH/c1-11-8-12(2)16-14(9-11)22-19(27-16)24(7-5-6-23(3)4)18(25)13-10-15(20)26-17(13)21;/h8-10H,5-7H2,1-4H3;1H. The minimum atomic E-state index is -0.157. The van der Waals surface area contributed by atoms with Crippen LogP contribution in [0.2, 0.25) is 8.67 Å². The first-order valence-corrected chi connectivity index (χ1v) is 10.9. The molecule has 0 saturated heterocycles. The van der Waals surface area contributed by atoms with Crippen LogP contribution in [0.4, 0.5) is 5.13 Å². The Morgan fingerprint density at radius 1 is 1.11 bits per heavy atom. The molecule has 0 radical (unpaired) electrons. The number of thiazole rings is 1. The Morgan fingerprint density at radius 2 is 1.82 bits per heavy atom. The Kier molecular flexibility index (Phi) is 8.14. The molecule has 0 bridgehead atoms. The Bertz CT molecular complexity index is 984. The summed E-state index contributed by atoms with van der Waals surface area (Å²) >= 11 is 15.0. The van der Waals surface area contributed by atoms with E-state index >= 15 is 0 Å². The first-order chi connectivity index (χ1) is 12.8. The molecule has 0 spiro atoms. The van der Waals surface area contributed by atoms with Crippen molar-refractivity contribution in [3.05, 3.63) is 43.6 Å². The SMILES string of the molecule is Cc1cc(C)c2sc(N(CCCN(C)C)C(=O)c3cc(Cl)sc3Cl)nc2c1.Cl. The number of halogens is 3. The van der Waals surface area contributed by atoms with Crippen molar-refractivity contribution < 1.29 is 4.79 Å². The molecule has 152 valence electrons. The third-order valence-electron chi connectivity index (χ3n) is 4.16. The van der Waals surface area contributed by atoms with Gasteiger partial charge >= 0.3 is 0 Å². The molecule has 0 aliphatic heterocycles. The number of hydrogen-bond donors (Lipinski definition) is 0. The molecule has 1 amide bonds. The molecule has 0 aliphatic carbocycles. The van der Waals surface area contributed by atoms with E-state index in [-0.39, 0.29) is 18.3 Å². The van der Waals surface area contributed by atoms with Gasteiger partial charge in [0.2, 0.25) is 0 Å². The summed E-state index contributed by atoms with van der Waals surface area (Å²) < 4.78 is 2.03. The lowest BCUT2D eigenvalue weighted by atomic mass is 10.1. The topological polar surface area (TPSA) is 36.4 Å². The zero-order valence-corrected chi connectivity index (χ0v) is 20.0. The predicted octanol–water partition coefficient (Wildman–Crippen LogP) is 6.30. The van der Waals surface area contributed by atoms with E-state index in [1.807, 2.05) is 14.1 Å². The molecule has 0 unspecified atom stereocenters. The Labute approximate surface area is 189 Å². The van der Waals surface area contributed by atoms with Crippen LogP contribution in [0.25, 0.3) is 10.2 Å². The van der Waals surface area contributed by atoms with Gasteiger partial charge in [-0.25, -0.2) is 4.98 Å². The Balaban J connectivity index is 0.00000280. The second-order valence-corrected chi connectivity index (χ2v) is 10.0. The lowest BCUT2D eigenvalue weighted by Gasteiger charge is -2.20. The van der Waals surface area contributed by atoms with E-state index in [2.05, 4.69) is 30.9 Å². The minimum absolute atomic E-state index is 0. The van der Waals surface area contributed by atoms with Crippen molar-refractivity contribution in [1.82, 2.24) is 9.88 Å². The van der Waals surface area contributed by atoms with Crippen LogP contribution in [0.1, 0.15) is 27.9 Å². The van der Waals surface area contributed by atoms with Crippen LogP contribution in [-0.2, 0) is 0 Å². The van der Waals surface area contributed by atoms with Crippen molar-refractivity contribution in [2.75, 3.05) is 32.1 Å². The van der Waals surface area contributed by atoms with Crippen molar-refractivity contribution in [3.8, 4) is 0 Å². The third kappa shape index (κ3) is 5.17. The summed E-state index contributed by atoms with van der Waals surface area (Å²) in [5.41, 5.74) is 3.69. The molecule has 3 rings (SSSR count). The van der Waals surface area contributed by atoms with Gasteiger partial charge in [-0.15, -0.1) is 23.7 Å². The lowest BCUT2D eigenvalue weighted by molar-refractivity contribution is 0.0986. The van der Waals surface area contributed by atoms with E-state index in [4.69, 9.17) is 28.2 Å². The average Bonchev–Trinajstić information content (AvgIpc) is 3.13. The number of aromatic nitrogens is 1. The van der Waals surface area contributed by atoms with Gasteiger partial charge in [0.1, 0.15) is 4.34 Å². The summed E-state index contributed by atoms with van der Waals surface area (Å²) in [5.74, 6) is -0.157. The van der Waals surface area contributed by atoms with Gasteiger partial charge in [0.15, 0.2) is 5.13 Å². The molecule has 28 heavy (non-hydrogen) atoms. The molecule has 0 saturated carbocycles.